The van der Waals surface area contributed by atoms with Crippen LogP contribution in [0.5, 0.6) is 0 Å². The molecule has 0 aliphatic carbocycles. The van der Waals surface area contributed by atoms with Crippen LogP contribution in [0.3, 0.4) is 0 Å². The van der Waals surface area contributed by atoms with Gasteiger partial charge in [-0.3, -0.25) is 5.32 Å². The molecule has 8 aromatic rings. The molecule has 2 aliphatic rings. The molecule has 3 heterocycles. The standard InChI is InChI=1S/C49H35N5S2/c1-5-16-32(17-6-1)40-31-41(33-18-7-2-8-19-33)51-49(50-40)39-30-36(28-29-37(39)38-24-15-27-44-45(38)56-43-26-14-13-25-42(43)55-44)48-53-46(34-20-9-3-10-21-34)52-47(54-48)35-22-11-4-12-23-35/h1-31,46,48,53H,(H,52,54). The molecular weight excluding hydrogens is 723 g/mol. The summed E-state index contributed by atoms with van der Waals surface area (Å²) < 4.78 is 0. The van der Waals surface area contributed by atoms with Crippen LogP contribution in [0.15, 0.2) is 213 Å². The number of nitrogens with one attached hydrogen (secondary N) is 2. The number of fused-ring (bicyclic) bond motifs is 2. The number of hydrogen-bond donors (Lipinski definition) is 2. The van der Waals surface area contributed by atoms with Gasteiger partial charge in [0, 0.05) is 41.8 Å². The molecule has 0 radical (unpaired) electrons. The predicted molar refractivity (Wildman–Crippen MR) is 230 cm³/mol. The topological polar surface area (TPSA) is 62.2 Å². The number of amidine groups is 1. The van der Waals surface area contributed by atoms with Crippen molar-refractivity contribution in [2.24, 2.45) is 4.99 Å². The first-order valence-electron chi connectivity index (χ1n) is 18.7. The molecule has 268 valence electrons. The Morgan fingerprint density at radius 3 is 1.66 bits per heavy atom. The van der Waals surface area contributed by atoms with Crippen LogP contribution >= 0.6 is 23.5 Å². The maximum absolute atomic E-state index is 5.35. The molecule has 0 saturated carbocycles. The third kappa shape index (κ3) is 6.81. The van der Waals surface area contributed by atoms with E-state index in [9.17, 15) is 0 Å². The Morgan fingerprint density at radius 1 is 0.429 bits per heavy atom. The van der Waals surface area contributed by atoms with Crippen LogP contribution in [-0.2, 0) is 0 Å². The Kier molecular flexibility index (Phi) is 9.25. The van der Waals surface area contributed by atoms with E-state index in [-0.39, 0.29) is 12.3 Å². The van der Waals surface area contributed by atoms with Gasteiger partial charge in [-0.1, -0.05) is 181 Å². The quantitative estimate of drug-likeness (QED) is 0.169. The molecule has 2 unspecified atom stereocenters. The lowest BCUT2D eigenvalue weighted by Gasteiger charge is -2.32. The average Bonchev–Trinajstić information content (AvgIpc) is 3.29. The molecule has 0 spiro atoms. The van der Waals surface area contributed by atoms with E-state index in [1.54, 1.807) is 0 Å². The summed E-state index contributed by atoms with van der Waals surface area (Å²) >= 11 is 3.66. The molecule has 0 fully saturated rings. The second-order valence-electron chi connectivity index (χ2n) is 13.7. The molecule has 5 nitrogen and oxygen atoms in total. The molecule has 7 aromatic carbocycles. The van der Waals surface area contributed by atoms with Crippen molar-refractivity contribution < 1.29 is 0 Å². The summed E-state index contributed by atoms with van der Waals surface area (Å²) in [4.78, 5) is 21.0. The maximum Gasteiger partial charge on any atom is 0.161 e. The van der Waals surface area contributed by atoms with Crippen molar-refractivity contribution in [1.29, 1.82) is 0 Å². The minimum Gasteiger partial charge on any atom is -0.350 e. The minimum atomic E-state index is -0.350. The maximum atomic E-state index is 5.35. The van der Waals surface area contributed by atoms with E-state index in [2.05, 4.69) is 174 Å². The first-order valence-corrected chi connectivity index (χ1v) is 20.3. The monoisotopic (exact) mass is 757 g/mol. The van der Waals surface area contributed by atoms with Crippen molar-refractivity contribution in [2.45, 2.75) is 31.9 Å². The SMILES string of the molecule is c1ccc(C2=NC(c3ccc(-c4cccc5c4Sc4ccccc4S5)c(-c4nc(-c5ccccc5)cc(-c5ccccc5)n4)c3)NC(c3ccccc3)N2)cc1. The Morgan fingerprint density at radius 2 is 1.00 bits per heavy atom. The fourth-order valence-electron chi connectivity index (χ4n) is 7.28. The van der Waals surface area contributed by atoms with Gasteiger partial charge in [-0.25, -0.2) is 15.0 Å². The normalized spacial score (nSPS) is 15.9. The van der Waals surface area contributed by atoms with Crippen molar-refractivity contribution in [3.05, 3.63) is 205 Å². The molecule has 0 bridgehead atoms. The largest absolute Gasteiger partial charge is 0.350 e. The zero-order chi connectivity index (χ0) is 37.3. The molecule has 10 rings (SSSR count). The van der Waals surface area contributed by atoms with Gasteiger partial charge >= 0.3 is 0 Å². The van der Waals surface area contributed by atoms with Crippen molar-refractivity contribution in [2.75, 3.05) is 0 Å². The summed E-state index contributed by atoms with van der Waals surface area (Å²) in [5.74, 6) is 1.50. The highest BCUT2D eigenvalue weighted by atomic mass is 32.2. The molecule has 2 N–H and O–H groups in total. The van der Waals surface area contributed by atoms with Crippen molar-refractivity contribution in [1.82, 2.24) is 20.6 Å². The number of benzene rings is 7. The van der Waals surface area contributed by atoms with Gasteiger partial charge < -0.3 is 5.32 Å². The molecular formula is C49H35N5S2. The van der Waals surface area contributed by atoms with Crippen LogP contribution in [0.4, 0.5) is 0 Å². The van der Waals surface area contributed by atoms with Gasteiger partial charge in [0.1, 0.15) is 18.2 Å². The highest BCUT2D eigenvalue weighted by molar-refractivity contribution is 8.05. The van der Waals surface area contributed by atoms with Crippen LogP contribution < -0.4 is 10.6 Å². The molecule has 1 aromatic heterocycles. The van der Waals surface area contributed by atoms with Gasteiger partial charge in [0.05, 0.1) is 11.4 Å². The number of aliphatic imine (C=N–C) groups is 1. The van der Waals surface area contributed by atoms with Gasteiger partial charge in [-0.05, 0) is 52.6 Å². The molecule has 0 amide bonds. The van der Waals surface area contributed by atoms with Crippen LogP contribution in [0, 0.1) is 0 Å². The molecule has 56 heavy (non-hydrogen) atoms. The van der Waals surface area contributed by atoms with Crippen LogP contribution in [0.25, 0.3) is 45.0 Å². The number of aromatic nitrogens is 2. The number of rotatable bonds is 7. The molecule has 2 atom stereocenters. The summed E-state index contributed by atoms with van der Waals surface area (Å²) in [5, 5.41) is 7.48. The number of hydrogen-bond acceptors (Lipinski definition) is 7. The third-order valence-corrected chi connectivity index (χ3v) is 12.7. The van der Waals surface area contributed by atoms with Crippen LogP contribution in [0.2, 0.25) is 0 Å². The molecule has 0 saturated heterocycles. The second-order valence-corrected chi connectivity index (χ2v) is 15.8. The Labute approximate surface area is 335 Å². The fourth-order valence-corrected chi connectivity index (χ4v) is 9.68. The third-order valence-electron chi connectivity index (χ3n) is 10.1. The van der Waals surface area contributed by atoms with E-state index in [4.69, 9.17) is 15.0 Å². The summed E-state index contributed by atoms with van der Waals surface area (Å²) in [6.45, 7) is 0. The number of nitrogens with zero attached hydrogens (tertiary/aromatic N) is 3. The van der Waals surface area contributed by atoms with Gasteiger partial charge in [0.15, 0.2) is 5.82 Å². The van der Waals surface area contributed by atoms with E-state index in [0.29, 0.717) is 5.82 Å². The Hall–Kier alpha value is -6.25. The molecule has 2 aliphatic heterocycles. The molecule has 7 heteroatoms. The fraction of sp³-hybridized carbons (Fsp3) is 0.0408. The summed E-state index contributed by atoms with van der Waals surface area (Å²) in [7, 11) is 0. The highest BCUT2D eigenvalue weighted by Gasteiger charge is 2.28. The first kappa shape index (κ1) is 34.3. The van der Waals surface area contributed by atoms with E-state index < -0.39 is 0 Å². The van der Waals surface area contributed by atoms with Gasteiger partial charge in [-0.2, -0.15) is 0 Å². The lowest BCUT2D eigenvalue weighted by atomic mass is 9.95. The van der Waals surface area contributed by atoms with E-state index in [1.807, 2.05) is 47.8 Å². The van der Waals surface area contributed by atoms with E-state index in [1.165, 1.54) is 19.6 Å². The van der Waals surface area contributed by atoms with Crippen molar-refractivity contribution >= 4 is 29.4 Å². The smallest absolute Gasteiger partial charge is 0.161 e. The van der Waals surface area contributed by atoms with E-state index >= 15 is 0 Å². The highest BCUT2D eigenvalue weighted by Crippen LogP contribution is 2.52. The van der Waals surface area contributed by atoms with Crippen LogP contribution in [0.1, 0.15) is 29.0 Å². The average molecular weight is 758 g/mol. The lowest BCUT2D eigenvalue weighted by molar-refractivity contribution is 0.409. The summed E-state index contributed by atoms with van der Waals surface area (Å²) in [6.07, 6.45) is -0.508. The van der Waals surface area contributed by atoms with Crippen molar-refractivity contribution in [3.63, 3.8) is 0 Å². The minimum absolute atomic E-state index is 0.158. The van der Waals surface area contributed by atoms with Gasteiger partial charge in [-0.15, -0.1) is 0 Å². The van der Waals surface area contributed by atoms with Gasteiger partial charge in [0.2, 0.25) is 0 Å². The summed E-state index contributed by atoms with van der Waals surface area (Å²) in [5.41, 5.74) is 10.2. The van der Waals surface area contributed by atoms with E-state index in [0.717, 1.165) is 61.7 Å². The van der Waals surface area contributed by atoms with Gasteiger partial charge in [0.25, 0.3) is 0 Å². The van der Waals surface area contributed by atoms with Crippen LogP contribution in [-0.4, -0.2) is 15.8 Å². The summed E-state index contributed by atoms with van der Waals surface area (Å²) in [6, 6.07) is 65.7. The Bertz CT molecular complexity index is 2650. The van der Waals surface area contributed by atoms with Crippen molar-refractivity contribution in [3.8, 4) is 45.0 Å². The second kappa shape index (κ2) is 15.1. The lowest BCUT2D eigenvalue weighted by Crippen LogP contribution is -2.44. The zero-order valence-corrected chi connectivity index (χ0v) is 31.8. The Balaban J connectivity index is 1.18. The first-order chi connectivity index (χ1) is 27.7. The predicted octanol–water partition coefficient (Wildman–Crippen LogP) is 12.1. The zero-order valence-electron chi connectivity index (χ0n) is 30.2.